The van der Waals surface area contributed by atoms with Gasteiger partial charge in [0.05, 0.1) is 7.11 Å². The normalized spacial score (nSPS) is 11.4. The number of carbonyl (C=O) groups is 1. The van der Waals surface area contributed by atoms with Crippen molar-refractivity contribution in [3.63, 3.8) is 0 Å². The molecule has 0 fully saturated rings. The molecule has 1 atom stereocenters. The van der Waals surface area contributed by atoms with Crippen LogP contribution in [-0.2, 0) is 9.53 Å². The van der Waals surface area contributed by atoms with E-state index in [2.05, 4.69) is 9.58 Å². The number of esters is 1. The van der Waals surface area contributed by atoms with Crippen molar-refractivity contribution in [2.24, 2.45) is 0 Å². The van der Waals surface area contributed by atoms with Crippen molar-refractivity contribution >= 4 is 5.97 Å². The molecular formula is C10H9NO2. The van der Waals surface area contributed by atoms with Gasteiger partial charge >= 0.3 is 12.0 Å². The molecule has 0 heterocycles. The van der Waals surface area contributed by atoms with Gasteiger partial charge in [-0.05, 0) is 0 Å². The summed E-state index contributed by atoms with van der Waals surface area (Å²) in [6.07, 6.45) is 0. The van der Waals surface area contributed by atoms with E-state index in [-0.39, 0.29) is 0 Å². The summed E-state index contributed by atoms with van der Waals surface area (Å²) in [4.78, 5) is 14.3. The molecule has 0 aliphatic carbocycles. The summed E-state index contributed by atoms with van der Waals surface area (Å²) in [6.45, 7) is 6.86. The maximum atomic E-state index is 11.1. The highest BCUT2D eigenvalue weighted by Crippen LogP contribution is 2.17. The van der Waals surface area contributed by atoms with Crippen LogP contribution in [0.15, 0.2) is 30.3 Å². The van der Waals surface area contributed by atoms with Crippen molar-refractivity contribution in [1.29, 1.82) is 0 Å². The maximum absolute atomic E-state index is 11.1. The van der Waals surface area contributed by atoms with Crippen LogP contribution >= 0.6 is 0 Å². The fourth-order valence-electron chi connectivity index (χ4n) is 1.01. The zero-order valence-corrected chi connectivity index (χ0v) is 7.23. The number of ether oxygens (including phenoxy) is 1. The van der Waals surface area contributed by atoms with Gasteiger partial charge in [0.2, 0.25) is 0 Å². The standard InChI is InChI=1S/C10H9NO2/c1-11-9(10(12)13-2)8-6-4-3-5-7-8/h3-7,9H,2H3/t9-/m1/s1. The summed E-state index contributed by atoms with van der Waals surface area (Å²) in [5.74, 6) is -0.513. The molecule has 0 N–H and O–H groups in total. The van der Waals surface area contributed by atoms with Crippen molar-refractivity contribution in [2.75, 3.05) is 7.11 Å². The molecule has 0 saturated heterocycles. The first-order chi connectivity index (χ1) is 6.29. The topological polar surface area (TPSA) is 30.7 Å². The molecule has 1 rings (SSSR count). The van der Waals surface area contributed by atoms with E-state index in [0.717, 1.165) is 0 Å². The van der Waals surface area contributed by atoms with Gasteiger partial charge in [-0.25, -0.2) is 11.4 Å². The summed E-state index contributed by atoms with van der Waals surface area (Å²) >= 11 is 0. The Kier molecular flexibility index (Phi) is 3.04. The summed E-state index contributed by atoms with van der Waals surface area (Å²) in [7, 11) is 1.28. The lowest BCUT2D eigenvalue weighted by atomic mass is 10.1. The molecule has 66 valence electrons. The van der Waals surface area contributed by atoms with Gasteiger partial charge in [0.15, 0.2) is 0 Å². The van der Waals surface area contributed by atoms with E-state index in [1.54, 1.807) is 24.3 Å². The van der Waals surface area contributed by atoms with Gasteiger partial charge in [-0.15, -0.1) is 0 Å². The van der Waals surface area contributed by atoms with Crippen LogP contribution in [0.5, 0.6) is 0 Å². The van der Waals surface area contributed by atoms with Gasteiger partial charge in [0, 0.05) is 5.56 Å². The highest BCUT2D eigenvalue weighted by atomic mass is 16.5. The van der Waals surface area contributed by atoms with Crippen molar-refractivity contribution in [3.05, 3.63) is 47.3 Å². The lowest BCUT2D eigenvalue weighted by Crippen LogP contribution is -2.10. The second-order valence-corrected chi connectivity index (χ2v) is 2.47. The third-order valence-electron chi connectivity index (χ3n) is 1.67. The fourth-order valence-corrected chi connectivity index (χ4v) is 1.01. The second-order valence-electron chi connectivity index (χ2n) is 2.47. The minimum Gasteiger partial charge on any atom is -0.463 e. The molecule has 0 unspecified atom stereocenters. The van der Waals surface area contributed by atoms with Gasteiger partial charge in [-0.3, -0.25) is 4.85 Å². The molecular weight excluding hydrogens is 166 g/mol. The van der Waals surface area contributed by atoms with Crippen LogP contribution in [0.25, 0.3) is 4.85 Å². The minimum absolute atomic E-state index is 0.513. The van der Waals surface area contributed by atoms with E-state index in [4.69, 9.17) is 6.57 Å². The zero-order chi connectivity index (χ0) is 9.68. The Bertz CT molecular complexity index is 327. The molecule has 0 spiro atoms. The molecule has 0 aliphatic rings. The molecule has 0 radical (unpaired) electrons. The molecule has 1 aromatic rings. The Hall–Kier alpha value is -1.82. The van der Waals surface area contributed by atoms with Crippen LogP contribution < -0.4 is 0 Å². The predicted molar refractivity (Wildman–Crippen MR) is 47.8 cm³/mol. The van der Waals surface area contributed by atoms with Crippen molar-refractivity contribution < 1.29 is 9.53 Å². The van der Waals surface area contributed by atoms with Crippen molar-refractivity contribution in [2.45, 2.75) is 6.04 Å². The van der Waals surface area contributed by atoms with Crippen LogP contribution in [0.1, 0.15) is 11.6 Å². The number of hydrogen-bond acceptors (Lipinski definition) is 2. The minimum atomic E-state index is -0.828. The average molecular weight is 175 g/mol. The number of nitrogens with zero attached hydrogens (tertiary/aromatic N) is 1. The summed E-state index contributed by atoms with van der Waals surface area (Å²) < 4.78 is 4.50. The molecule has 0 aliphatic heterocycles. The SMILES string of the molecule is [C-]#[N+][C@@H](C(=O)OC)c1ccccc1. The third-order valence-corrected chi connectivity index (χ3v) is 1.67. The largest absolute Gasteiger partial charge is 0.463 e. The number of benzene rings is 1. The predicted octanol–water partition coefficient (Wildman–Crippen LogP) is 1.82. The first-order valence-electron chi connectivity index (χ1n) is 3.79. The van der Waals surface area contributed by atoms with Crippen LogP contribution in [0.4, 0.5) is 0 Å². The number of hydrogen-bond donors (Lipinski definition) is 0. The Morgan fingerprint density at radius 1 is 1.46 bits per heavy atom. The number of rotatable bonds is 2. The third kappa shape index (κ3) is 2.06. The smallest absolute Gasteiger partial charge is 0.395 e. The number of methoxy groups -OCH3 is 1. The maximum Gasteiger partial charge on any atom is 0.395 e. The Labute approximate surface area is 76.8 Å². The Balaban J connectivity index is 2.93. The van der Waals surface area contributed by atoms with E-state index in [1.165, 1.54) is 7.11 Å². The Morgan fingerprint density at radius 3 is 2.54 bits per heavy atom. The van der Waals surface area contributed by atoms with Gasteiger partial charge in [0.1, 0.15) is 0 Å². The van der Waals surface area contributed by atoms with Crippen LogP contribution in [0.2, 0.25) is 0 Å². The second kappa shape index (κ2) is 4.27. The van der Waals surface area contributed by atoms with E-state index in [9.17, 15) is 4.79 Å². The quantitative estimate of drug-likeness (QED) is 0.507. The molecule has 0 bridgehead atoms. The van der Waals surface area contributed by atoms with Crippen molar-refractivity contribution in [1.82, 2.24) is 0 Å². The van der Waals surface area contributed by atoms with E-state index in [1.807, 2.05) is 6.07 Å². The summed E-state index contributed by atoms with van der Waals surface area (Å²) in [6, 6.07) is 8.06. The molecule has 0 saturated carbocycles. The number of carbonyl (C=O) groups excluding carboxylic acids is 1. The van der Waals surface area contributed by atoms with Crippen molar-refractivity contribution in [3.8, 4) is 0 Å². The first kappa shape index (κ1) is 9.27. The molecule has 3 nitrogen and oxygen atoms in total. The van der Waals surface area contributed by atoms with E-state index in [0.29, 0.717) is 5.56 Å². The summed E-state index contributed by atoms with van der Waals surface area (Å²) in [5, 5.41) is 0. The van der Waals surface area contributed by atoms with E-state index >= 15 is 0 Å². The van der Waals surface area contributed by atoms with Gasteiger partial charge in [-0.1, -0.05) is 30.3 Å². The van der Waals surface area contributed by atoms with Gasteiger partial charge in [0.25, 0.3) is 0 Å². The Morgan fingerprint density at radius 2 is 2.08 bits per heavy atom. The average Bonchev–Trinajstić information content (AvgIpc) is 2.20. The van der Waals surface area contributed by atoms with Gasteiger partial charge < -0.3 is 4.74 Å². The van der Waals surface area contributed by atoms with Crippen LogP contribution in [0, 0.1) is 6.57 Å². The van der Waals surface area contributed by atoms with Crippen LogP contribution in [-0.4, -0.2) is 13.1 Å². The molecule has 3 heteroatoms. The summed E-state index contributed by atoms with van der Waals surface area (Å²) in [5.41, 5.74) is 0.671. The zero-order valence-electron chi connectivity index (χ0n) is 7.23. The molecule has 0 aromatic heterocycles. The molecule has 13 heavy (non-hydrogen) atoms. The molecule has 0 amide bonds. The highest BCUT2D eigenvalue weighted by molar-refractivity contribution is 5.79. The monoisotopic (exact) mass is 175 g/mol. The molecule has 1 aromatic carbocycles. The van der Waals surface area contributed by atoms with Gasteiger partial charge in [-0.2, -0.15) is 0 Å². The fraction of sp³-hybridized carbons (Fsp3) is 0.200. The lowest BCUT2D eigenvalue weighted by molar-refractivity contribution is -0.141. The van der Waals surface area contributed by atoms with Crippen LogP contribution in [0.3, 0.4) is 0 Å². The highest BCUT2D eigenvalue weighted by Gasteiger charge is 2.25. The van der Waals surface area contributed by atoms with E-state index < -0.39 is 12.0 Å². The lowest BCUT2D eigenvalue weighted by Gasteiger charge is -2.02. The first-order valence-corrected chi connectivity index (χ1v) is 3.79.